The molecule has 198 valence electrons. The molecular formula is C40H27NO. The van der Waals surface area contributed by atoms with Crippen molar-refractivity contribution < 1.29 is 16.8 Å². The van der Waals surface area contributed by atoms with Gasteiger partial charge in [0, 0.05) is 33.2 Å². The average Bonchev–Trinajstić information content (AvgIpc) is 3.55. The molecule has 0 saturated carbocycles. The monoisotopic (exact) mass is 546 g/mol. The van der Waals surface area contributed by atoms with Gasteiger partial charge in [0.15, 0.2) is 0 Å². The fraction of sp³-hybridized carbons (Fsp3) is 0. The molecular weight excluding hydrogens is 510 g/mol. The van der Waals surface area contributed by atoms with Crippen molar-refractivity contribution in [3.63, 3.8) is 0 Å². The molecule has 0 aliphatic rings. The number of anilines is 3. The molecule has 0 bridgehead atoms. The predicted octanol–water partition coefficient (Wildman–Crippen LogP) is 11.5. The van der Waals surface area contributed by atoms with Crippen LogP contribution < -0.4 is 4.90 Å². The van der Waals surface area contributed by atoms with E-state index < -0.39 is 54.4 Å². The van der Waals surface area contributed by atoms with E-state index in [1.54, 1.807) is 17.0 Å². The van der Waals surface area contributed by atoms with Crippen molar-refractivity contribution in [2.45, 2.75) is 0 Å². The Morgan fingerprint density at radius 2 is 1.24 bits per heavy atom. The van der Waals surface area contributed by atoms with E-state index in [1.807, 2.05) is 84.9 Å². The van der Waals surface area contributed by atoms with Crippen molar-refractivity contribution in [1.29, 1.82) is 0 Å². The summed E-state index contributed by atoms with van der Waals surface area (Å²) in [6.07, 6.45) is 0. The van der Waals surface area contributed by atoms with Gasteiger partial charge in [-0.2, -0.15) is 0 Å². The number of hydrogen-bond acceptors (Lipinski definition) is 2. The third-order valence-electron chi connectivity index (χ3n) is 7.40. The standard InChI is InChI=1S/C40H27NO/c1-3-11-28(12-4-1)29-21-24-33(25-22-29)41(32-15-5-2-6-16-32)34-17-9-14-31(27-34)35-19-10-20-38-39(35)37-26-23-30-13-7-8-18-36(30)40(37)42-38/h1-27H/i1D,3D,4D,11D,12D,21D,22D,24D,25D. The van der Waals surface area contributed by atoms with Crippen LogP contribution in [0.1, 0.15) is 12.3 Å². The number of rotatable bonds is 5. The highest BCUT2D eigenvalue weighted by Crippen LogP contribution is 2.42. The Morgan fingerprint density at radius 1 is 0.500 bits per heavy atom. The van der Waals surface area contributed by atoms with Crippen molar-refractivity contribution in [3.8, 4) is 22.3 Å². The summed E-state index contributed by atoms with van der Waals surface area (Å²) in [6.45, 7) is 0. The SMILES string of the molecule is [2H]c1c([2H])c([2H])c(-c2c([2H])c([2H])c(N(c3ccccc3)c3cccc(-c4cccc5oc6c7ccccc7ccc6c45)c3)c([2H])c2[2H])c([2H])c1[2H]. The lowest BCUT2D eigenvalue weighted by molar-refractivity contribution is 0.673. The lowest BCUT2D eigenvalue weighted by atomic mass is 9.97. The van der Waals surface area contributed by atoms with Crippen LogP contribution in [-0.4, -0.2) is 0 Å². The number of furan rings is 1. The molecule has 2 nitrogen and oxygen atoms in total. The Bertz CT molecular complexity index is 2650. The Hall–Kier alpha value is -5.60. The normalized spacial score (nSPS) is 14.3. The summed E-state index contributed by atoms with van der Waals surface area (Å²) >= 11 is 0. The van der Waals surface area contributed by atoms with Crippen molar-refractivity contribution in [2.24, 2.45) is 0 Å². The van der Waals surface area contributed by atoms with Gasteiger partial charge in [0.1, 0.15) is 11.2 Å². The highest BCUT2D eigenvalue weighted by Gasteiger charge is 2.17. The van der Waals surface area contributed by atoms with E-state index in [0.29, 0.717) is 11.4 Å². The van der Waals surface area contributed by atoms with Gasteiger partial charge in [-0.15, -0.1) is 0 Å². The lowest BCUT2D eigenvalue weighted by Gasteiger charge is -2.26. The summed E-state index contributed by atoms with van der Waals surface area (Å²) in [5.41, 5.74) is 3.60. The van der Waals surface area contributed by atoms with E-state index in [2.05, 4.69) is 12.1 Å². The third-order valence-corrected chi connectivity index (χ3v) is 7.40. The molecule has 1 aromatic heterocycles. The molecule has 42 heavy (non-hydrogen) atoms. The second-order valence-corrected chi connectivity index (χ2v) is 9.89. The first-order valence-electron chi connectivity index (χ1n) is 18.0. The molecule has 7 aromatic carbocycles. The molecule has 0 fully saturated rings. The van der Waals surface area contributed by atoms with Crippen LogP contribution in [-0.2, 0) is 0 Å². The van der Waals surface area contributed by atoms with Gasteiger partial charge >= 0.3 is 0 Å². The number of benzene rings is 7. The minimum absolute atomic E-state index is 0.0529. The van der Waals surface area contributed by atoms with Crippen LogP contribution in [0, 0.1) is 0 Å². The van der Waals surface area contributed by atoms with E-state index in [9.17, 15) is 2.74 Å². The second kappa shape index (κ2) is 10.1. The van der Waals surface area contributed by atoms with Crippen LogP contribution in [0.15, 0.2) is 168 Å². The molecule has 8 aromatic rings. The van der Waals surface area contributed by atoms with Gasteiger partial charge in [0.25, 0.3) is 0 Å². The Balaban J connectivity index is 1.35. The lowest BCUT2D eigenvalue weighted by Crippen LogP contribution is -2.09. The molecule has 8 rings (SSSR count). The average molecular weight is 547 g/mol. The second-order valence-electron chi connectivity index (χ2n) is 9.89. The van der Waals surface area contributed by atoms with Crippen LogP contribution in [0.4, 0.5) is 17.1 Å². The molecule has 0 N–H and O–H groups in total. The van der Waals surface area contributed by atoms with Gasteiger partial charge in [-0.25, -0.2) is 0 Å². The maximum absolute atomic E-state index is 9.21. The van der Waals surface area contributed by atoms with Crippen molar-refractivity contribution in [1.82, 2.24) is 0 Å². The zero-order valence-electron chi connectivity index (χ0n) is 31.2. The van der Waals surface area contributed by atoms with E-state index in [-0.39, 0.29) is 16.8 Å². The zero-order valence-corrected chi connectivity index (χ0v) is 22.2. The summed E-state index contributed by atoms with van der Waals surface area (Å²) < 4.78 is 84.1. The smallest absolute Gasteiger partial charge is 0.143 e. The minimum atomic E-state index is -0.622. The first-order chi connectivity index (χ1) is 24.6. The van der Waals surface area contributed by atoms with Crippen LogP contribution in [0.5, 0.6) is 0 Å². The number of fused-ring (bicyclic) bond motifs is 5. The zero-order chi connectivity index (χ0) is 35.7. The van der Waals surface area contributed by atoms with Crippen LogP contribution in [0.2, 0.25) is 0 Å². The summed E-state index contributed by atoms with van der Waals surface area (Å²) in [5, 5.41) is 3.99. The summed E-state index contributed by atoms with van der Waals surface area (Å²) in [6, 6.07) is 29.8. The Morgan fingerprint density at radius 3 is 2.10 bits per heavy atom. The molecule has 0 aliphatic carbocycles. The van der Waals surface area contributed by atoms with Gasteiger partial charge in [-0.1, -0.05) is 115 Å². The van der Waals surface area contributed by atoms with Crippen LogP contribution in [0.25, 0.3) is 55.0 Å². The van der Waals surface area contributed by atoms with Gasteiger partial charge in [0.05, 0.1) is 12.3 Å². The molecule has 0 atom stereocenters. The third kappa shape index (κ3) is 4.13. The highest BCUT2D eigenvalue weighted by atomic mass is 16.3. The van der Waals surface area contributed by atoms with Gasteiger partial charge < -0.3 is 9.32 Å². The molecule has 1 heterocycles. The number of para-hydroxylation sites is 1. The largest absolute Gasteiger partial charge is 0.455 e. The molecule has 0 amide bonds. The summed E-state index contributed by atoms with van der Waals surface area (Å²) in [4.78, 5) is 1.65. The first kappa shape index (κ1) is 16.6. The van der Waals surface area contributed by atoms with E-state index in [4.69, 9.17) is 14.0 Å². The minimum Gasteiger partial charge on any atom is -0.455 e. The van der Waals surface area contributed by atoms with E-state index >= 15 is 0 Å². The van der Waals surface area contributed by atoms with Gasteiger partial charge in [-0.3, -0.25) is 0 Å². The maximum Gasteiger partial charge on any atom is 0.143 e. The molecule has 0 radical (unpaired) electrons. The summed E-state index contributed by atoms with van der Waals surface area (Å²) in [7, 11) is 0. The number of nitrogens with zero attached hydrogens (tertiary/aromatic N) is 1. The van der Waals surface area contributed by atoms with Gasteiger partial charge in [-0.05, 0) is 76.1 Å². The van der Waals surface area contributed by atoms with Crippen molar-refractivity contribution in [2.75, 3.05) is 4.90 Å². The quantitative estimate of drug-likeness (QED) is 0.213. The molecule has 0 unspecified atom stereocenters. The Kier molecular flexibility index (Phi) is 4.00. The molecule has 0 spiro atoms. The number of hydrogen-bond donors (Lipinski definition) is 0. The Labute approximate surface area is 257 Å². The molecule has 0 saturated heterocycles. The van der Waals surface area contributed by atoms with Gasteiger partial charge in [0.2, 0.25) is 0 Å². The van der Waals surface area contributed by atoms with Crippen LogP contribution >= 0.6 is 0 Å². The summed E-state index contributed by atoms with van der Waals surface area (Å²) in [5.74, 6) is 0. The van der Waals surface area contributed by atoms with Crippen molar-refractivity contribution in [3.05, 3.63) is 164 Å². The van der Waals surface area contributed by atoms with Crippen molar-refractivity contribution >= 4 is 49.8 Å². The topological polar surface area (TPSA) is 16.4 Å². The molecule has 0 aliphatic heterocycles. The predicted molar refractivity (Wildman–Crippen MR) is 177 cm³/mol. The van der Waals surface area contributed by atoms with E-state index in [0.717, 1.165) is 43.8 Å². The fourth-order valence-corrected chi connectivity index (χ4v) is 5.51. The van der Waals surface area contributed by atoms with Crippen LogP contribution in [0.3, 0.4) is 0 Å². The highest BCUT2D eigenvalue weighted by molar-refractivity contribution is 6.19. The maximum atomic E-state index is 9.21. The first-order valence-corrected chi connectivity index (χ1v) is 13.5. The fourth-order valence-electron chi connectivity index (χ4n) is 5.51. The molecule has 2 heteroatoms. The van der Waals surface area contributed by atoms with E-state index in [1.165, 1.54) is 0 Å².